The van der Waals surface area contributed by atoms with Gasteiger partial charge in [0.2, 0.25) is 0 Å². The summed E-state index contributed by atoms with van der Waals surface area (Å²) < 4.78 is 6.26. The number of carbonyl (C=O) groups is 2. The van der Waals surface area contributed by atoms with E-state index in [1.807, 2.05) is 30.3 Å². The molecule has 1 aromatic heterocycles. The van der Waals surface area contributed by atoms with Gasteiger partial charge in [-0.3, -0.25) is 4.79 Å². The number of carboxylic acid groups (broad SMARTS) is 1. The van der Waals surface area contributed by atoms with Crippen molar-refractivity contribution in [2.24, 2.45) is 5.92 Å². The Balaban J connectivity index is 1.47. The maximum Gasteiger partial charge on any atom is 0.326 e. The van der Waals surface area contributed by atoms with E-state index in [4.69, 9.17) is 9.72 Å². The SMILES string of the molecule is CC(C)(C)c1ccc(Oc2ccc3cc(C(=O)N[C@H](C(=O)O)C4CCCC4)nc(C4CCCCCC4)c3c2)cc1. The smallest absolute Gasteiger partial charge is 0.326 e. The second-order valence-corrected chi connectivity index (χ2v) is 12.7. The number of nitrogens with one attached hydrogen (secondary N) is 1. The van der Waals surface area contributed by atoms with Crippen LogP contribution in [0.25, 0.3) is 10.8 Å². The van der Waals surface area contributed by atoms with E-state index in [-0.39, 0.29) is 17.3 Å². The lowest BCUT2D eigenvalue weighted by Gasteiger charge is -2.22. The van der Waals surface area contributed by atoms with E-state index >= 15 is 0 Å². The minimum absolute atomic E-state index is 0.0274. The number of aliphatic carboxylic acids is 1. The molecule has 5 rings (SSSR count). The van der Waals surface area contributed by atoms with Crippen molar-refractivity contribution < 1.29 is 19.4 Å². The number of amides is 1. The molecule has 2 N–H and O–H groups in total. The van der Waals surface area contributed by atoms with Gasteiger partial charge in [0.25, 0.3) is 5.91 Å². The van der Waals surface area contributed by atoms with Crippen LogP contribution in [0.15, 0.2) is 48.5 Å². The van der Waals surface area contributed by atoms with Crippen molar-refractivity contribution in [3.63, 3.8) is 0 Å². The highest BCUT2D eigenvalue weighted by Crippen LogP contribution is 2.37. The minimum atomic E-state index is -0.970. The van der Waals surface area contributed by atoms with E-state index < -0.39 is 17.9 Å². The Morgan fingerprint density at radius 1 is 0.875 bits per heavy atom. The summed E-state index contributed by atoms with van der Waals surface area (Å²) in [4.78, 5) is 30.4. The zero-order valence-electron chi connectivity index (χ0n) is 24.0. The summed E-state index contributed by atoms with van der Waals surface area (Å²) in [5, 5.41) is 14.6. The second-order valence-electron chi connectivity index (χ2n) is 12.7. The Labute approximate surface area is 237 Å². The molecular formula is C34H42N2O4. The van der Waals surface area contributed by atoms with E-state index in [9.17, 15) is 14.7 Å². The quantitative estimate of drug-likeness (QED) is 0.294. The fraction of sp³-hybridized carbons (Fsp3) is 0.500. The molecule has 1 amide bonds. The lowest BCUT2D eigenvalue weighted by molar-refractivity contribution is -0.140. The normalized spacial score (nSPS) is 17.9. The molecule has 0 saturated heterocycles. The van der Waals surface area contributed by atoms with E-state index in [1.165, 1.54) is 18.4 Å². The Morgan fingerprint density at radius 2 is 1.50 bits per heavy atom. The molecule has 2 fully saturated rings. The first-order valence-electron chi connectivity index (χ1n) is 15.0. The molecule has 0 spiro atoms. The maximum absolute atomic E-state index is 13.4. The first kappa shape index (κ1) is 28.1. The molecule has 2 aliphatic carbocycles. The number of ether oxygens (including phenoxy) is 1. The molecular weight excluding hydrogens is 500 g/mol. The standard InChI is InChI=1S/C34H42N2O4/c1-34(2,3)25-15-18-26(19-16-25)40-27-17-14-24-20-29(32(37)36-31(33(38)39)23-12-8-9-13-23)35-30(28(24)21-27)22-10-6-4-5-7-11-22/h14-23,31H,4-13H2,1-3H3,(H,36,37)(H,38,39)/t31-/m0/s1. The summed E-state index contributed by atoms with van der Waals surface area (Å²) in [6, 6.07) is 15.1. The molecule has 3 aromatic rings. The molecule has 1 atom stereocenters. The van der Waals surface area contributed by atoms with Crippen molar-refractivity contribution in [2.45, 2.75) is 102 Å². The lowest BCUT2D eigenvalue weighted by Crippen LogP contribution is -2.45. The van der Waals surface area contributed by atoms with Crippen LogP contribution >= 0.6 is 0 Å². The third-order valence-corrected chi connectivity index (χ3v) is 8.69. The maximum atomic E-state index is 13.4. The lowest BCUT2D eigenvalue weighted by atomic mass is 9.87. The molecule has 40 heavy (non-hydrogen) atoms. The highest BCUT2D eigenvalue weighted by atomic mass is 16.5. The Kier molecular flexibility index (Phi) is 8.43. The summed E-state index contributed by atoms with van der Waals surface area (Å²) in [5.74, 6) is 0.360. The summed E-state index contributed by atoms with van der Waals surface area (Å²) in [7, 11) is 0. The zero-order chi connectivity index (χ0) is 28.3. The Morgan fingerprint density at radius 3 is 2.12 bits per heavy atom. The van der Waals surface area contributed by atoms with Crippen molar-refractivity contribution in [3.8, 4) is 11.5 Å². The molecule has 2 aliphatic rings. The number of hydrogen-bond acceptors (Lipinski definition) is 4. The van der Waals surface area contributed by atoms with Crippen molar-refractivity contribution in [1.29, 1.82) is 0 Å². The van der Waals surface area contributed by atoms with Crippen LogP contribution in [-0.4, -0.2) is 28.0 Å². The van der Waals surface area contributed by atoms with Crippen LogP contribution in [0.1, 0.15) is 113 Å². The van der Waals surface area contributed by atoms with Crippen LogP contribution in [0, 0.1) is 5.92 Å². The van der Waals surface area contributed by atoms with Gasteiger partial charge in [0.05, 0.1) is 5.69 Å². The highest BCUT2D eigenvalue weighted by molar-refractivity contribution is 5.99. The summed E-state index contributed by atoms with van der Waals surface area (Å²) >= 11 is 0. The van der Waals surface area contributed by atoms with Crippen LogP contribution in [-0.2, 0) is 10.2 Å². The average molecular weight is 543 g/mol. The van der Waals surface area contributed by atoms with Crippen molar-refractivity contribution in [1.82, 2.24) is 10.3 Å². The number of fused-ring (bicyclic) bond motifs is 1. The van der Waals surface area contributed by atoms with Gasteiger partial charge in [-0.25, -0.2) is 9.78 Å². The fourth-order valence-electron chi connectivity index (χ4n) is 6.34. The molecule has 6 heteroatoms. The monoisotopic (exact) mass is 542 g/mol. The molecule has 1 heterocycles. The van der Waals surface area contributed by atoms with Crippen molar-refractivity contribution in [3.05, 3.63) is 65.5 Å². The largest absolute Gasteiger partial charge is 0.480 e. The van der Waals surface area contributed by atoms with Crippen LogP contribution < -0.4 is 10.1 Å². The van der Waals surface area contributed by atoms with Gasteiger partial charge in [-0.2, -0.15) is 0 Å². The molecule has 2 aromatic carbocycles. The van der Waals surface area contributed by atoms with Gasteiger partial charge < -0.3 is 15.2 Å². The van der Waals surface area contributed by atoms with Crippen LogP contribution in [0.4, 0.5) is 0 Å². The minimum Gasteiger partial charge on any atom is -0.480 e. The van der Waals surface area contributed by atoms with Gasteiger partial charge in [0.1, 0.15) is 23.2 Å². The van der Waals surface area contributed by atoms with Gasteiger partial charge >= 0.3 is 5.97 Å². The van der Waals surface area contributed by atoms with Crippen LogP contribution in [0.3, 0.4) is 0 Å². The zero-order valence-corrected chi connectivity index (χ0v) is 24.0. The average Bonchev–Trinajstić information content (AvgIpc) is 3.32. The molecule has 2 saturated carbocycles. The summed E-state index contributed by atoms with van der Waals surface area (Å²) in [6.07, 6.45) is 10.5. The number of pyridine rings is 1. The number of benzene rings is 2. The molecule has 212 valence electrons. The predicted octanol–water partition coefficient (Wildman–Crippen LogP) is 8.14. The van der Waals surface area contributed by atoms with Crippen molar-refractivity contribution in [2.75, 3.05) is 0 Å². The molecule has 0 bridgehead atoms. The topological polar surface area (TPSA) is 88.5 Å². The number of rotatable bonds is 7. The molecule has 0 unspecified atom stereocenters. The number of carbonyl (C=O) groups excluding carboxylic acids is 1. The molecule has 6 nitrogen and oxygen atoms in total. The van der Waals surface area contributed by atoms with Gasteiger partial charge in [-0.1, -0.05) is 77.5 Å². The second kappa shape index (κ2) is 12.0. The van der Waals surface area contributed by atoms with Crippen LogP contribution in [0.5, 0.6) is 11.5 Å². The van der Waals surface area contributed by atoms with Crippen LogP contribution in [0.2, 0.25) is 0 Å². The number of nitrogens with zero attached hydrogens (tertiary/aromatic N) is 1. The summed E-state index contributed by atoms with van der Waals surface area (Å²) in [6.45, 7) is 6.58. The predicted molar refractivity (Wildman–Crippen MR) is 158 cm³/mol. The third-order valence-electron chi connectivity index (χ3n) is 8.69. The van der Waals surface area contributed by atoms with Gasteiger partial charge in [0.15, 0.2) is 0 Å². The van der Waals surface area contributed by atoms with Gasteiger partial charge in [-0.15, -0.1) is 0 Å². The Bertz CT molecular complexity index is 1340. The van der Waals surface area contributed by atoms with Gasteiger partial charge in [0, 0.05) is 11.3 Å². The third kappa shape index (κ3) is 6.48. The highest BCUT2D eigenvalue weighted by Gasteiger charge is 2.32. The van der Waals surface area contributed by atoms with E-state index in [0.29, 0.717) is 5.69 Å². The van der Waals surface area contributed by atoms with Crippen molar-refractivity contribution >= 4 is 22.6 Å². The number of hydrogen-bond donors (Lipinski definition) is 2. The number of carboxylic acids is 1. The summed E-state index contributed by atoms with van der Waals surface area (Å²) in [5.41, 5.74) is 2.54. The number of aromatic nitrogens is 1. The van der Waals surface area contributed by atoms with Gasteiger partial charge in [-0.05, 0) is 78.3 Å². The van der Waals surface area contributed by atoms with E-state index in [2.05, 4.69) is 38.2 Å². The van der Waals surface area contributed by atoms with E-state index in [0.717, 1.165) is 79.3 Å². The van der Waals surface area contributed by atoms with E-state index in [1.54, 1.807) is 6.07 Å². The first-order valence-corrected chi connectivity index (χ1v) is 15.0. The first-order chi connectivity index (χ1) is 19.2. The Hall–Kier alpha value is -3.41. The molecule has 0 aliphatic heterocycles. The fourth-order valence-corrected chi connectivity index (χ4v) is 6.34. The molecule has 0 radical (unpaired) electrons.